The van der Waals surface area contributed by atoms with Gasteiger partial charge in [0.15, 0.2) is 5.17 Å². The number of nitrogens with one attached hydrogen (secondary N) is 1. The van der Waals surface area contributed by atoms with Crippen LogP contribution in [-0.2, 0) is 4.79 Å². The maximum Gasteiger partial charge on any atom is 0.221 e. The number of nitrogens with zero attached hydrogens (tertiary/aromatic N) is 2. The molecule has 4 nitrogen and oxygen atoms in total. The summed E-state index contributed by atoms with van der Waals surface area (Å²) in [4.78, 5) is 17.9. The maximum absolute atomic E-state index is 11.0. The van der Waals surface area contributed by atoms with Gasteiger partial charge in [-0.2, -0.15) is 0 Å². The van der Waals surface area contributed by atoms with Gasteiger partial charge in [-0.25, -0.2) is 0 Å². The van der Waals surface area contributed by atoms with Crippen LogP contribution in [0.1, 0.15) is 18.5 Å². The number of carbonyl (C=O) groups is 1. The number of aliphatic imine (C=N–C) groups is 1. The molecule has 1 atom stereocenters. The minimum atomic E-state index is -0.0519. The van der Waals surface area contributed by atoms with Crippen molar-refractivity contribution < 1.29 is 4.79 Å². The fourth-order valence-corrected chi connectivity index (χ4v) is 2.90. The van der Waals surface area contributed by atoms with Gasteiger partial charge in [0, 0.05) is 18.8 Å². The molecule has 0 aliphatic carbocycles. The van der Waals surface area contributed by atoms with Crippen molar-refractivity contribution in [3.8, 4) is 0 Å². The Morgan fingerprint density at radius 1 is 1.56 bits per heavy atom. The highest BCUT2D eigenvalue weighted by Crippen LogP contribution is 2.33. The summed E-state index contributed by atoms with van der Waals surface area (Å²) in [5.74, 6) is -0.0519. The number of hydrogen-bond acceptors (Lipinski definition) is 4. The first-order chi connectivity index (χ1) is 8.72. The van der Waals surface area contributed by atoms with Crippen molar-refractivity contribution in [1.29, 1.82) is 0 Å². The Bertz CT molecular complexity index is 553. The van der Waals surface area contributed by atoms with Gasteiger partial charge in [0.1, 0.15) is 0 Å². The molecule has 92 valence electrons. The zero-order valence-corrected chi connectivity index (χ0v) is 10.8. The second-order valence-corrected chi connectivity index (χ2v) is 5.16. The molecule has 0 spiro atoms. The van der Waals surface area contributed by atoms with Gasteiger partial charge in [-0.05, 0) is 23.1 Å². The number of amidine groups is 1. The molecular formula is C13H13N3OS. The van der Waals surface area contributed by atoms with E-state index in [1.165, 1.54) is 6.92 Å². The summed E-state index contributed by atoms with van der Waals surface area (Å²) in [5.41, 5.74) is 1.97. The standard InChI is InChI=1S/C13H13N3OS/c1-9(17)14-11-4-2-3-10(7-11)12-8-16-5-6-18-13(16)15-12/h2-7,12H,8H2,1H3,(H,14,17). The second-order valence-electron chi connectivity index (χ2n) is 4.29. The molecule has 0 saturated carbocycles. The van der Waals surface area contributed by atoms with Gasteiger partial charge in [0.05, 0.1) is 12.6 Å². The average Bonchev–Trinajstić information content (AvgIpc) is 2.88. The highest BCUT2D eigenvalue weighted by Gasteiger charge is 2.27. The van der Waals surface area contributed by atoms with E-state index in [0.29, 0.717) is 0 Å². The molecule has 1 unspecified atom stereocenters. The minimum Gasteiger partial charge on any atom is -0.326 e. The molecule has 1 aromatic carbocycles. The van der Waals surface area contributed by atoms with E-state index in [2.05, 4.69) is 27.5 Å². The molecule has 2 aliphatic rings. The van der Waals surface area contributed by atoms with Crippen LogP contribution >= 0.6 is 11.8 Å². The lowest BCUT2D eigenvalue weighted by molar-refractivity contribution is -0.114. The van der Waals surface area contributed by atoms with Crippen LogP contribution in [0.2, 0.25) is 0 Å². The van der Waals surface area contributed by atoms with Crippen molar-refractivity contribution in [3.05, 3.63) is 41.4 Å². The van der Waals surface area contributed by atoms with E-state index in [1.54, 1.807) is 11.8 Å². The number of thioether (sulfide) groups is 1. The third kappa shape index (κ3) is 2.13. The van der Waals surface area contributed by atoms with E-state index >= 15 is 0 Å². The van der Waals surface area contributed by atoms with Crippen LogP contribution in [0.15, 0.2) is 40.9 Å². The van der Waals surface area contributed by atoms with Crippen LogP contribution in [0, 0.1) is 0 Å². The zero-order chi connectivity index (χ0) is 12.5. The van der Waals surface area contributed by atoms with Gasteiger partial charge in [-0.1, -0.05) is 23.9 Å². The minimum absolute atomic E-state index is 0.0519. The predicted molar refractivity (Wildman–Crippen MR) is 74.4 cm³/mol. The highest BCUT2D eigenvalue weighted by molar-refractivity contribution is 8.16. The topological polar surface area (TPSA) is 44.7 Å². The molecule has 18 heavy (non-hydrogen) atoms. The van der Waals surface area contributed by atoms with Crippen molar-refractivity contribution in [2.75, 3.05) is 11.9 Å². The van der Waals surface area contributed by atoms with Gasteiger partial charge < -0.3 is 10.2 Å². The molecule has 5 heteroatoms. The molecule has 0 radical (unpaired) electrons. The Morgan fingerprint density at radius 3 is 3.22 bits per heavy atom. The number of rotatable bonds is 2. The van der Waals surface area contributed by atoms with Crippen LogP contribution in [0.4, 0.5) is 5.69 Å². The molecule has 3 rings (SSSR count). The van der Waals surface area contributed by atoms with Crippen LogP contribution in [0.3, 0.4) is 0 Å². The molecule has 0 bridgehead atoms. The van der Waals surface area contributed by atoms with Gasteiger partial charge >= 0.3 is 0 Å². The quantitative estimate of drug-likeness (QED) is 0.887. The molecular weight excluding hydrogens is 246 g/mol. The van der Waals surface area contributed by atoms with Crippen LogP contribution in [0.5, 0.6) is 0 Å². The van der Waals surface area contributed by atoms with E-state index in [9.17, 15) is 4.79 Å². The van der Waals surface area contributed by atoms with Crippen molar-refractivity contribution >= 4 is 28.5 Å². The molecule has 1 amide bonds. The van der Waals surface area contributed by atoms with Gasteiger partial charge in [0.25, 0.3) is 0 Å². The summed E-state index contributed by atoms with van der Waals surface area (Å²) in [6.45, 7) is 2.39. The molecule has 2 heterocycles. The van der Waals surface area contributed by atoms with Gasteiger partial charge in [0.2, 0.25) is 5.91 Å². The molecule has 1 N–H and O–H groups in total. The average molecular weight is 259 g/mol. The van der Waals surface area contributed by atoms with E-state index in [-0.39, 0.29) is 11.9 Å². The summed E-state index contributed by atoms with van der Waals surface area (Å²) in [5, 5.41) is 5.90. The summed E-state index contributed by atoms with van der Waals surface area (Å²) >= 11 is 1.65. The number of anilines is 1. The Morgan fingerprint density at radius 2 is 2.44 bits per heavy atom. The molecule has 1 aromatic rings. The highest BCUT2D eigenvalue weighted by atomic mass is 32.2. The number of benzene rings is 1. The summed E-state index contributed by atoms with van der Waals surface area (Å²) in [7, 11) is 0. The summed E-state index contributed by atoms with van der Waals surface area (Å²) in [6.07, 6.45) is 2.06. The lowest BCUT2D eigenvalue weighted by Gasteiger charge is -2.12. The fraction of sp³-hybridized carbons (Fsp3) is 0.231. The third-order valence-corrected chi connectivity index (χ3v) is 3.70. The Kier molecular flexibility index (Phi) is 2.83. The van der Waals surface area contributed by atoms with E-state index in [4.69, 9.17) is 0 Å². The molecule has 2 aliphatic heterocycles. The van der Waals surface area contributed by atoms with Crippen molar-refractivity contribution in [2.45, 2.75) is 13.0 Å². The molecule has 0 saturated heterocycles. The maximum atomic E-state index is 11.0. The number of amides is 1. The fourth-order valence-electron chi connectivity index (χ4n) is 2.11. The lowest BCUT2D eigenvalue weighted by atomic mass is 10.1. The van der Waals surface area contributed by atoms with Gasteiger partial charge in [-0.15, -0.1) is 0 Å². The zero-order valence-electron chi connectivity index (χ0n) is 9.96. The summed E-state index contributed by atoms with van der Waals surface area (Å²) < 4.78 is 0. The first kappa shape index (κ1) is 11.3. The Hall–Kier alpha value is -1.75. The normalized spacial score (nSPS) is 20.8. The van der Waals surface area contributed by atoms with Crippen LogP contribution < -0.4 is 5.32 Å². The smallest absolute Gasteiger partial charge is 0.221 e. The monoisotopic (exact) mass is 259 g/mol. The summed E-state index contributed by atoms with van der Waals surface area (Å²) in [6, 6.07) is 8.05. The van der Waals surface area contributed by atoms with E-state index in [1.807, 2.05) is 23.6 Å². The Balaban J connectivity index is 1.81. The van der Waals surface area contributed by atoms with Crippen molar-refractivity contribution in [1.82, 2.24) is 4.90 Å². The first-order valence-electron chi connectivity index (χ1n) is 5.78. The third-order valence-electron chi connectivity index (χ3n) is 2.89. The first-order valence-corrected chi connectivity index (χ1v) is 6.66. The van der Waals surface area contributed by atoms with E-state index < -0.39 is 0 Å². The molecule has 0 aromatic heterocycles. The Labute approximate surface area is 110 Å². The number of hydrogen-bond donors (Lipinski definition) is 1. The second kappa shape index (κ2) is 4.49. The lowest BCUT2D eigenvalue weighted by Crippen LogP contribution is -2.16. The number of carbonyl (C=O) groups excluding carboxylic acids is 1. The predicted octanol–water partition coefficient (Wildman–Crippen LogP) is 2.58. The van der Waals surface area contributed by atoms with Crippen molar-refractivity contribution in [3.63, 3.8) is 0 Å². The SMILES string of the molecule is CC(=O)Nc1cccc(C2CN3C=CSC3=N2)c1. The van der Waals surface area contributed by atoms with Gasteiger partial charge in [-0.3, -0.25) is 9.79 Å². The largest absolute Gasteiger partial charge is 0.326 e. The number of fused-ring (bicyclic) bond motifs is 1. The molecule has 0 fully saturated rings. The van der Waals surface area contributed by atoms with E-state index in [0.717, 1.165) is 23.0 Å². The van der Waals surface area contributed by atoms with Crippen molar-refractivity contribution in [2.24, 2.45) is 4.99 Å². The van der Waals surface area contributed by atoms with Crippen LogP contribution in [-0.4, -0.2) is 22.5 Å². The van der Waals surface area contributed by atoms with Crippen LogP contribution in [0.25, 0.3) is 0 Å².